The highest BCUT2D eigenvalue weighted by Gasteiger charge is 2.31. The van der Waals surface area contributed by atoms with Crippen molar-refractivity contribution in [3.8, 4) is 0 Å². The maximum Gasteiger partial charge on any atom is 0.326 e. The van der Waals surface area contributed by atoms with Crippen LogP contribution in [0.4, 0.5) is 0 Å². The maximum absolute atomic E-state index is 13.1. The molecule has 1 aromatic carbocycles. The molecule has 6 heteroatoms. The second-order valence-electron chi connectivity index (χ2n) is 8.23. The lowest BCUT2D eigenvalue weighted by atomic mass is 10.0. The summed E-state index contributed by atoms with van der Waals surface area (Å²) in [4.78, 5) is 30.5. The summed E-state index contributed by atoms with van der Waals surface area (Å²) in [5.74, 6) is 0.129. The van der Waals surface area contributed by atoms with Crippen LogP contribution in [0.15, 0.2) is 35.1 Å². The minimum absolute atomic E-state index is 0.0565. The molecule has 1 amide bonds. The molecule has 0 atom stereocenters. The van der Waals surface area contributed by atoms with Crippen LogP contribution in [0.2, 0.25) is 0 Å². The lowest BCUT2D eigenvalue weighted by Crippen LogP contribution is -2.40. The maximum atomic E-state index is 13.1. The minimum atomic E-state index is -0.0565. The monoisotopic (exact) mass is 378 g/mol. The first-order valence-corrected chi connectivity index (χ1v) is 10.2. The molecule has 2 aliphatic rings. The number of amides is 1. The highest BCUT2D eigenvalue weighted by atomic mass is 16.2. The van der Waals surface area contributed by atoms with Gasteiger partial charge in [0.2, 0.25) is 0 Å². The number of carbonyl (C=O) groups excluding carboxylic acids is 1. The van der Waals surface area contributed by atoms with Gasteiger partial charge in [0, 0.05) is 36.6 Å². The number of likely N-dealkylation sites (tertiary alicyclic amines) is 1. The number of piperidine rings is 1. The molecular formula is C22H26N4O2. The van der Waals surface area contributed by atoms with Crippen LogP contribution in [-0.4, -0.2) is 38.0 Å². The van der Waals surface area contributed by atoms with Crippen LogP contribution >= 0.6 is 0 Å². The molecule has 0 radical (unpaired) electrons. The van der Waals surface area contributed by atoms with Gasteiger partial charge in [-0.3, -0.25) is 9.36 Å². The summed E-state index contributed by atoms with van der Waals surface area (Å²) < 4.78 is 4.20. The molecule has 5 rings (SSSR count). The predicted octanol–water partition coefficient (Wildman–Crippen LogP) is 3.56. The Morgan fingerprint density at radius 1 is 1.00 bits per heavy atom. The van der Waals surface area contributed by atoms with Crippen molar-refractivity contribution in [1.29, 1.82) is 0 Å². The van der Waals surface area contributed by atoms with Gasteiger partial charge < -0.3 is 14.5 Å². The highest BCUT2D eigenvalue weighted by Crippen LogP contribution is 2.38. The Morgan fingerprint density at radius 2 is 1.68 bits per heavy atom. The summed E-state index contributed by atoms with van der Waals surface area (Å²) in [6.07, 6.45) is 4.03. The van der Waals surface area contributed by atoms with E-state index in [1.165, 1.54) is 18.5 Å². The van der Waals surface area contributed by atoms with E-state index in [0.717, 1.165) is 35.1 Å². The number of nitrogens with zero attached hydrogens (tertiary/aromatic N) is 3. The van der Waals surface area contributed by atoms with Gasteiger partial charge >= 0.3 is 5.69 Å². The average molecular weight is 378 g/mol. The number of hydrogen-bond donors (Lipinski definition) is 1. The Hall–Kier alpha value is -2.76. The number of rotatable bonds is 3. The molecule has 6 nitrogen and oxygen atoms in total. The van der Waals surface area contributed by atoms with Crippen molar-refractivity contribution < 1.29 is 4.79 Å². The number of aromatic nitrogens is 3. The van der Waals surface area contributed by atoms with Gasteiger partial charge in [-0.15, -0.1) is 0 Å². The second kappa shape index (κ2) is 6.40. The van der Waals surface area contributed by atoms with Crippen molar-refractivity contribution >= 4 is 16.9 Å². The zero-order chi connectivity index (χ0) is 19.4. The number of benzene rings is 1. The molecule has 28 heavy (non-hydrogen) atoms. The first-order valence-electron chi connectivity index (χ1n) is 10.2. The molecular weight excluding hydrogens is 352 g/mol. The smallest absolute Gasteiger partial charge is 0.326 e. The first-order chi connectivity index (χ1) is 13.5. The molecule has 1 saturated carbocycles. The fraction of sp³-hybridized carbons (Fsp3) is 0.455. The van der Waals surface area contributed by atoms with Crippen molar-refractivity contribution in [3.05, 3.63) is 57.8 Å². The molecule has 3 aromatic rings. The first kappa shape index (κ1) is 17.3. The van der Waals surface area contributed by atoms with E-state index in [2.05, 4.69) is 23.4 Å². The number of hydrogen-bond acceptors (Lipinski definition) is 2. The third kappa shape index (κ3) is 2.70. The van der Waals surface area contributed by atoms with E-state index in [9.17, 15) is 9.59 Å². The van der Waals surface area contributed by atoms with Crippen LogP contribution in [-0.2, 0) is 0 Å². The van der Waals surface area contributed by atoms with E-state index in [0.29, 0.717) is 19.1 Å². The standard InChI is InChI=1S/C22H26N4O2/c1-14-13-18(15(2)25(14)16-7-8-16)21(27)24-11-9-17(10-12-24)26-20-6-4-3-5-19(20)23-22(26)28/h3-6,13,16-17H,7-12H2,1-2H3,(H,23,28). The van der Waals surface area contributed by atoms with Gasteiger partial charge in [-0.05, 0) is 57.7 Å². The van der Waals surface area contributed by atoms with Gasteiger partial charge in [0.1, 0.15) is 0 Å². The van der Waals surface area contributed by atoms with Gasteiger partial charge in [0.15, 0.2) is 0 Å². The molecule has 1 aliphatic carbocycles. The number of para-hydroxylation sites is 2. The van der Waals surface area contributed by atoms with E-state index in [1.807, 2.05) is 39.8 Å². The van der Waals surface area contributed by atoms with Crippen molar-refractivity contribution in [3.63, 3.8) is 0 Å². The van der Waals surface area contributed by atoms with Crippen molar-refractivity contribution in [2.24, 2.45) is 0 Å². The van der Waals surface area contributed by atoms with Crippen LogP contribution in [0.5, 0.6) is 0 Å². The molecule has 3 heterocycles. The second-order valence-corrected chi connectivity index (χ2v) is 8.23. The van der Waals surface area contributed by atoms with E-state index in [1.54, 1.807) is 0 Å². The van der Waals surface area contributed by atoms with Crippen molar-refractivity contribution in [1.82, 2.24) is 19.0 Å². The summed E-state index contributed by atoms with van der Waals surface area (Å²) in [5.41, 5.74) is 4.89. The van der Waals surface area contributed by atoms with Crippen LogP contribution in [0, 0.1) is 13.8 Å². The molecule has 1 N–H and O–H groups in total. The Balaban J connectivity index is 1.35. The van der Waals surface area contributed by atoms with Gasteiger partial charge in [-0.25, -0.2) is 4.79 Å². The topological polar surface area (TPSA) is 63.0 Å². The fourth-order valence-electron chi connectivity index (χ4n) is 4.82. The molecule has 146 valence electrons. The van der Waals surface area contributed by atoms with Crippen LogP contribution in [0.3, 0.4) is 0 Å². The predicted molar refractivity (Wildman–Crippen MR) is 109 cm³/mol. The molecule has 2 fully saturated rings. The number of aryl methyl sites for hydroxylation is 1. The number of nitrogens with one attached hydrogen (secondary N) is 1. The zero-order valence-corrected chi connectivity index (χ0v) is 16.4. The molecule has 0 unspecified atom stereocenters. The molecule has 0 bridgehead atoms. The van der Waals surface area contributed by atoms with Gasteiger partial charge in [-0.2, -0.15) is 0 Å². The number of fused-ring (bicyclic) bond motifs is 1. The number of carbonyl (C=O) groups is 1. The van der Waals surface area contributed by atoms with E-state index < -0.39 is 0 Å². The van der Waals surface area contributed by atoms with Crippen LogP contribution in [0.1, 0.15) is 59.5 Å². The SMILES string of the molecule is Cc1cc(C(=O)N2CCC(n3c(=O)[nH]c4ccccc43)CC2)c(C)n1C1CC1. The molecule has 1 aliphatic heterocycles. The third-order valence-electron chi connectivity index (χ3n) is 6.37. The summed E-state index contributed by atoms with van der Waals surface area (Å²) >= 11 is 0. The Morgan fingerprint density at radius 3 is 2.39 bits per heavy atom. The minimum Gasteiger partial charge on any atom is -0.345 e. The Labute approximate surface area is 163 Å². The molecule has 0 spiro atoms. The Kier molecular flexibility index (Phi) is 3.96. The number of imidazole rings is 1. The summed E-state index contributed by atoms with van der Waals surface area (Å²) in [7, 11) is 0. The summed E-state index contributed by atoms with van der Waals surface area (Å²) in [6.45, 7) is 5.53. The highest BCUT2D eigenvalue weighted by molar-refractivity contribution is 5.95. The van der Waals surface area contributed by atoms with Gasteiger partial charge in [0.25, 0.3) is 5.91 Å². The Bertz CT molecular complexity index is 1110. The van der Waals surface area contributed by atoms with Crippen molar-refractivity contribution in [2.45, 2.75) is 51.6 Å². The largest absolute Gasteiger partial charge is 0.345 e. The third-order valence-corrected chi connectivity index (χ3v) is 6.37. The van der Waals surface area contributed by atoms with Gasteiger partial charge in [-0.1, -0.05) is 12.1 Å². The lowest BCUT2D eigenvalue weighted by molar-refractivity contribution is 0.0694. The average Bonchev–Trinajstić information content (AvgIpc) is 3.40. The quantitative estimate of drug-likeness (QED) is 0.757. The van der Waals surface area contributed by atoms with E-state index in [-0.39, 0.29) is 17.6 Å². The number of aromatic amines is 1. The van der Waals surface area contributed by atoms with Crippen LogP contribution in [0.25, 0.3) is 11.0 Å². The summed E-state index contributed by atoms with van der Waals surface area (Å²) in [5, 5.41) is 0. The summed E-state index contributed by atoms with van der Waals surface area (Å²) in [6, 6.07) is 10.6. The van der Waals surface area contributed by atoms with Crippen LogP contribution < -0.4 is 5.69 Å². The number of H-pyrrole nitrogens is 1. The van der Waals surface area contributed by atoms with Gasteiger partial charge in [0.05, 0.1) is 16.6 Å². The van der Waals surface area contributed by atoms with E-state index >= 15 is 0 Å². The zero-order valence-electron chi connectivity index (χ0n) is 16.4. The normalized spacial score (nSPS) is 18.1. The molecule has 2 aromatic heterocycles. The van der Waals surface area contributed by atoms with Crippen molar-refractivity contribution in [2.75, 3.05) is 13.1 Å². The van der Waals surface area contributed by atoms with E-state index in [4.69, 9.17) is 0 Å². The lowest BCUT2D eigenvalue weighted by Gasteiger charge is -2.32. The fourth-order valence-corrected chi connectivity index (χ4v) is 4.82. The molecule has 1 saturated heterocycles.